The minimum absolute atomic E-state index is 0. The topological polar surface area (TPSA) is 26.0 Å². The van der Waals surface area contributed by atoms with Crippen LogP contribution in [0.15, 0.2) is 84.9 Å². The first-order valence-electron chi connectivity index (χ1n) is 7.47. The smallest absolute Gasteiger partial charge is 0.325 e. The van der Waals surface area contributed by atoms with Gasteiger partial charge in [-0.05, 0) is 22.4 Å². The molecular weight excluding hydrogens is 322 g/mol. The van der Waals surface area contributed by atoms with Gasteiger partial charge in [0.15, 0.2) is 0 Å². The summed E-state index contributed by atoms with van der Waals surface area (Å²) in [5.41, 5.74) is 7.41. The third-order valence-corrected chi connectivity index (χ3v) is 3.74. The van der Waals surface area contributed by atoms with Crippen molar-refractivity contribution in [2.45, 2.75) is 6.04 Å². The number of benzene rings is 2. The van der Waals surface area contributed by atoms with E-state index in [-0.39, 0.29) is 23.1 Å². The number of hydrogen-bond acceptors (Lipinski definition) is 1. The predicted molar refractivity (Wildman–Crippen MR) is 93.9 cm³/mol. The Bertz CT molecular complexity index is 705. The molecule has 1 atom stereocenters. The molecule has 2 heteroatoms. The maximum absolute atomic E-state index is 6.25. The Balaban J connectivity index is 0.000000276. The third-order valence-electron chi connectivity index (χ3n) is 3.74. The van der Waals surface area contributed by atoms with Crippen molar-refractivity contribution < 1.29 is 17.1 Å². The fourth-order valence-corrected chi connectivity index (χ4v) is 2.51. The molecule has 3 aromatic rings. The number of hydrogen-bond donors (Lipinski definition) is 1. The predicted octanol–water partition coefficient (Wildman–Crippen LogP) is 4.80. The van der Waals surface area contributed by atoms with Gasteiger partial charge in [0.2, 0.25) is 0 Å². The maximum Gasteiger partial charge on any atom is 2.00 e. The van der Waals surface area contributed by atoms with Crippen molar-refractivity contribution in [1.82, 2.24) is 0 Å². The Labute approximate surface area is 149 Å². The quantitative estimate of drug-likeness (QED) is 0.526. The van der Waals surface area contributed by atoms with Gasteiger partial charge in [0.1, 0.15) is 0 Å². The van der Waals surface area contributed by atoms with E-state index in [9.17, 15) is 0 Å². The van der Waals surface area contributed by atoms with E-state index in [1.165, 1.54) is 16.7 Å². The summed E-state index contributed by atoms with van der Waals surface area (Å²) in [5, 5.41) is 2.50. The molecule has 0 amide bonds. The van der Waals surface area contributed by atoms with E-state index < -0.39 is 0 Å². The first kappa shape index (κ1) is 17.5. The van der Waals surface area contributed by atoms with Crippen LogP contribution in [0.25, 0.3) is 10.8 Å². The molecule has 1 aliphatic carbocycles. The average Bonchev–Trinajstić information content (AvgIpc) is 3.29. The van der Waals surface area contributed by atoms with Gasteiger partial charge in [-0.25, -0.2) is 30.7 Å². The molecule has 0 spiro atoms. The van der Waals surface area contributed by atoms with Gasteiger partial charge in [-0.2, -0.15) is 18.2 Å². The summed E-state index contributed by atoms with van der Waals surface area (Å²) in [6.07, 6.45) is 8.19. The van der Waals surface area contributed by atoms with Crippen molar-refractivity contribution in [1.29, 1.82) is 0 Å². The molecule has 116 valence electrons. The van der Waals surface area contributed by atoms with Crippen LogP contribution < -0.4 is 5.73 Å². The van der Waals surface area contributed by atoms with Crippen LogP contribution in [0.2, 0.25) is 0 Å². The van der Waals surface area contributed by atoms with Gasteiger partial charge in [-0.1, -0.05) is 42.3 Å². The van der Waals surface area contributed by atoms with Crippen molar-refractivity contribution in [2.24, 2.45) is 5.73 Å². The fourth-order valence-electron chi connectivity index (χ4n) is 2.51. The number of allylic oxidation sites excluding steroid dienone is 2. The minimum atomic E-state index is -0.0328. The Morgan fingerprint density at radius 2 is 1.61 bits per heavy atom. The van der Waals surface area contributed by atoms with Gasteiger partial charge in [0.05, 0.1) is 0 Å². The van der Waals surface area contributed by atoms with Gasteiger partial charge in [0, 0.05) is 6.04 Å². The molecular formula is C21H19FeN. The molecule has 0 aromatic heterocycles. The zero-order valence-electron chi connectivity index (χ0n) is 12.7. The molecule has 0 saturated carbocycles. The molecule has 2 N–H and O–H groups in total. The Kier molecular flexibility index (Phi) is 6.61. The van der Waals surface area contributed by atoms with Gasteiger partial charge in [0.25, 0.3) is 0 Å². The van der Waals surface area contributed by atoms with E-state index in [0.717, 1.165) is 5.56 Å². The van der Waals surface area contributed by atoms with Gasteiger partial charge < -0.3 is 5.73 Å². The second-order valence-corrected chi connectivity index (χ2v) is 5.26. The molecule has 1 aliphatic rings. The number of nitrogens with two attached hydrogens (primary N) is 1. The van der Waals surface area contributed by atoms with Crippen molar-refractivity contribution in [3.05, 3.63) is 109 Å². The van der Waals surface area contributed by atoms with Crippen molar-refractivity contribution in [3.63, 3.8) is 0 Å². The monoisotopic (exact) mass is 341 g/mol. The van der Waals surface area contributed by atoms with Crippen LogP contribution in [0.3, 0.4) is 0 Å². The molecule has 0 heterocycles. The SMILES string of the molecule is N[C@@H]([C]1[CH]C=C[CH-]1)c1ccc2ccccc2c1.[Fe+2].c1cc[cH-]c1. The van der Waals surface area contributed by atoms with Gasteiger partial charge in [-0.3, -0.25) is 0 Å². The Morgan fingerprint density at radius 1 is 0.870 bits per heavy atom. The van der Waals surface area contributed by atoms with Crippen molar-refractivity contribution >= 4 is 10.8 Å². The summed E-state index contributed by atoms with van der Waals surface area (Å²) >= 11 is 0. The maximum atomic E-state index is 6.25. The van der Waals surface area contributed by atoms with E-state index in [4.69, 9.17) is 5.73 Å². The molecule has 0 fully saturated rings. The number of fused-ring (bicyclic) bond motifs is 1. The van der Waals surface area contributed by atoms with Gasteiger partial charge in [-0.15, -0.1) is 6.42 Å². The van der Waals surface area contributed by atoms with Crippen LogP contribution in [0.5, 0.6) is 0 Å². The zero-order valence-corrected chi connectivity index (χ0v) is 13.9. The van der Waals surface area contributed by atoms with Crippen LogP contribution in [0.4, 0.5) is 0 Å². The van der Waals surface area contributed by atoms with Crippen molar-refractivity contribution in [3.8, 4) is 0 Å². The molecule has 3 aromatic carbocycles. The minimum Gasteiger partial charge on any atom is -0.325 e. The first-order valence-corrected chi connectivity index (χ1v) is 7.47. The average molecular weight is 341 g/mol. The van der Waals surface area contributed by atoms with Crippen LogP contribution >= 0.6 is 0 Å². The Hall–Kier alpha value is -1.86. The van der Waals surface area contributed by atoms with E-state index >= 15 is 0 Å². The summed E-state index contributed by atoms with van der Waals surface area (Å²) in [7, 11) is 0. The van der Waals surface area contributed by atoms with Crippen LogP contribution in [0.1, 0.15) is 11.6 Å². The van der Waals surface area contributed by atoms with E-state index in [2.05, 4.69) is 55.3 Å². The van der Waals surface area contributed by atoms with Crippen LogP contribution in [0, 0.1) is 18.8 Å². The fraction of sp³-hybridized carbons (Fsp3) is 0.0476. The number of rotatable bonds is 2. The molecule has 2 radical (unpaired) electrons. The molecule has 1 nitrogen and oxygen atoms in total. The Morgan fingerprint density at radius 3 is 2.22 bits per heavy atom. The molecule has 0 aliphatic heterocycles. The summed E-state index contributed by atoms with van der Waals surface area (Å²) in [6, 6.07) is 24.7. The molecule has 0 saturated heterocycles. The van der Waals surface area contributed by atoms with E-state index in [1.54, 1.807) is 0 Å². The van der Waals surface area contributed by atoms with Crippen molar-refractivity contribution in [2.75, 3.05) is 0 Å². The summed E-state index contributed by atoms with van der Waals surface area (Å²) in [6.45, 7) is 0. The van der Waals surface area contributed by atoms with Gasteiger partial charge >= 0.3 is 17.1 Å². The molecule has 4 rings (SSSR count). The molecule has 23 heavy (non-hydrogen) atoms. The third kappa shape index (κ3) is 4.56. The zero-order chi connectivity index (χ0) is 15.2. The van der Waals surface area contributed by atoms with E-state index in [0.29, 0.717) is 0 Å². The second kappa shape index (κ2) is 8.69. The summed E-state index contributed by atoms with van der Waals surface area (Å²) in [4.78, 5) is 0. The second-order valence-electron chi connectivity index (χ2n) is 5.26. The summed E-state index contributed by atoms with van der Waals surface area (Å²) < 4.78 is 0. The standard InChI is InChI=1S/C16H14N.C5H5.Fe/c17-16(13-6-2-3-7-13)15-10-9-12-5-1-4-8-14(12)11-15;1-2-4-5-3-1;/h1-11,16H,17H2;1-5H;/q2*-1;+2/t16-;;/m0../s1. The first-order chi connectivity index (χ1) is 10.8. The molecule has 0 unspecified atom stereocenters. The molecule has 0 bridgehead atoms. The summed E-state index contributed by atoms with van der Waals surface area (Å²) in [5.74, 6) is 1.17. The largest absolute Gasteiger partial charge is 2.00 e. The van der Waals surface area contributed by atoms with Crippen LogP contribution in [-0.2, 0) is 17.1 Å². The van der Waals surface area contributed by atoms with Crippen LogP contribution in [-0.4, -0.2) is 0 Å². The van der Waals surface area contributed by atoms with E-state index in [1.807, 2.05) is 42.5 Å². The normalized spacial score (nSPS) is 14.5.